The van der Waals surface area contributed by atoms with Crippen molar-refractivity contribution in [2.24, 2.45) is 5.92 Å². The molecule has 4 atom stereocenters. The van der Waals surface area contributed by atoms with Crippen molar-refractivity contribution in [3.05, 3.63) is 35.9 Å². The number of benzene rings is 1. The van der Waals surface area contributed by atoms with Gasteiger partial charge in [-0.2, -0.15) is 0 Å². The number of nitrogens with zero attached hydrogens (tertiary/aromatic N) is 1. The Bertz CT molecular complexity index is 473. The Morgan fingerprint density at radius 1 is 1.10 bits per heavy atom. The number of carbonyl (C=O) groups is 1. The van der Waals surface area contributed by atoms with Crippen LogP contribution in [0.1, 0.15) is 51.1 Å². The van der Waals surface area contributed by atoms with E-state index in [9.17, 15) is 4.79 Å². The molecule has 2 aliphatic rings. The second-order valence-electron chi connectivity index (χ2n) is 6.26. The van der Waals surface area contributed by atoms with E-state index >= 15 is 0 Å². The van der Waals surface area contributed by atoms with E-state index in [1.807, 2.05) is 30.3 Å². The van der Waals surface area contributed by atoms with Crippen molar-refractivity contribution in [3.63, 3.8) is 0 Å². The molecule has 0 spiro atoms. The van der Waals surface area contributed by atoms with E-state index in [1.54, 1.807) is 0 Å². The molecule has 20 heavy (non-hydrogen) atoms. The molecule has 1 heterocycles. The predicted molar refractivity (Wildman–Crippen MR) is 80.0 cm³/mol. The van der Waals surface area contributed by atoms with Gasteiger partial charge < -0.3 is 4.90 Å². The van der Waals surface area contributed by atoms with Crippen LogP contribution < -0.4 is 5.32 Å². The third kappa shape index (κ3) is 2.35. The first kappa shape index (κ1) is 13.6. The molecule has 4 unspecified atom stereocenters. The van der Waals surface area contributed by atoms with Crippen LogP contribution >= 0.6 is 0 Å². The van der Waals surface area contributed by atoms with Crippen LogP contribution in [0.2, 0.25) is 0 Å². The molecular formula is C17H24N2O. The van der Waals surface area contributed by atoms with Crippen LogP contribution in [0.25, 0.3) is 0 Å². The molecule has 1 N–H and O–H groups in total. The molecule has 3 heteroatoms. The number of rotatable bonds is 2. The zero-order valence-corrected chi connectivity index (χ0v) is 12.4. The standard InChI is InChI=1S/C17H24N2O/c1-12-8-6-7-11-15(12)19-13(2)18-16(17(19)20)14-9-4-3-5-10-14/h3-5,9-10,12-13,15-16,18H,6-8,11H2,1-2H3. The first-order valence-corrected chi connectivity index (χ1v) is 7.81. The fourth-order valence-electron chi connectivity index (χ4n) is 3.78. The van der Waals surface area contributed by atoms with Gasteiger partial charge in [-0.1, -0.05) is 50.1 Å². The smallest absolute Gasteiger partial charge is 0.245 e. The molecule has 1 aliphatic heterocycles. The van der Waals surface area contributed by atoms with Crippen molar-refractivity contribution in [1.82, 2.24) is 10.2 Å². The fraction of sp³-hybridized carbons (Fsp3) is 0.588. The Kier molecular flexibility index (Phi) is 3.79. The second-order valence-corrected chi connectivity index (χ2v) is 6.26. The lowest BCUT2D eigenvalue weighted by Gasteiger charge is -2.38. The van der Waals surface area contributed by atoms with Gasteiger partial charge in [-0.15, -0.1) is 0 Å². The minimum absolute atomic E-state index is 0.137. The first-order valence-electron chi connectivity index (χ1n) is 7.81. The van der Waals surface area contributed by atoms with Crippen molar-refractivity contribution < 1.29 is 4.79 Å². The monoisotopic (exact) mass is 272 g/mol. The summed E-state index contributed by atoms with van der Waals surface area (Å²) in [6.45, 7) is 4.40. The normalized spacial score (nSPS) is 34.5. The van der Waals surface area contributed by atoms with E-state index < -0.39 is 0 Å². The largest absolute Gasteiger partial charge is 0.323 e. The van der Waals surface area contributed by atoms with Crippen LogP contribution in [0.4, 0.5) is 0 Å². The van der Waals surface area contributed by atoms with Gasteiger partial charge in [0, 0.05) is 6.04 Å². The van der Waals surface area contributed by atoms with Gasteiger partial charge in [0.25, 0.3) is 0 Å². The van der Waals surface area contributed by atoms with Gasteiger partial charge in [-0.3, -0.25) is 10.1 Å². The quantitative estimate of drug-likeness (QED) is 0.897. The molecule has 1 aromatic carbocycles. The Morgan fingerprint density at radius 2 is 1.80 bits per heavy atom. The first-order chi connectivity index (χ1) is 9.68. The molecule has 108 valence electrons. The minimum Gasteiger partial charge on any atom is -0.323 e. The molecule has 1 amide bonds. The third-order valence-electron chi connectivity index (χ3n) is 4.88. The minimum atomic E-state index is -0.166. The number of amides is 1. The highest BCUT2D eigenvalue weighted by Gasteiger charge is 2.42. The molecule has 3 nitrogen and oxygen atoms in total. The molecule has 1 aliphatic carbocycles. The predicted octanol–water partition coefficient (Wildman–Crippen LogP) is 3.08. The highest BCUT2D eigenvalue weighted by Crippen LogP contribution is 2.34. The zero-order chi connectivity index (χ0) is 14.1. The Balaban J connectivity index is 1.81. The molecule has 1 saturated heterocycles. The lowest BCUT2D eigenvalue weighted by molar-refractivity contribution is -0.133. The summed E-state index contributed by atoms with van der Waals surface area (Å²) in [6.07, 6.45) is 5.10. The van der Waals surface area contributed by atoms with Gasteiger partial charge >= 0.3 is 0 Å². The number of nitrogens with one attached hydrogen (secondary N) is 1. The van der Waals surface area contributed by atoms with Crippen LogP contribution in [0.5, 0.6) is 0 Å². The lowest BCUT2D eigenvalue weighted by Crippen LogP contribution is -2.47. The van der Waals surface area contributed by atoms with Crippen LogP contribution in [-0.4, -0.2) is 23.0 Å². The summed E-state index contributed by atoms with van der Waals surface area (Å²) in [7, 11) is 0. The van der Waals surface area contributed by atoms with Gasteiger partial charge in [0.05, 0.1) is 6.17 Å². The molecule has 0 aromatic heterocycles. The maximum Gasteiger partial charge on any atom is 0.245 e. The van der Waals surface area contributed by atoms with E-state index in [1.165, 1.54) is 19.3 Å². The van der Waals surface area contributed by atoms with Crippen LogP contribution in [0, 0.1) is 5.92 Å². The Hall–Kier alpha value is -1.35. The van der Waals surface area contributed by atoms with Crippen LogP contribution in [0.15, 0.2) is 30.3 Å². The summed E-state index contributed by atoms with van der Waals surface area (Å²) < 4.78 is 0. The van der Waals surface area contributed by atoms with E-state index in [2.05, 4.69) is 24.1 Å². The number of hydrogen-bond acceptors (Lipinski definition) is 2. The molecule has 0 radical (unpaired) electrons. The maximum atomic E-state index is 12.8. The average Bonchev–Trinajstić information content (AvgIpc) is 2.76. The van der Waals surface area contributed by atoms with Crippen molar-refractivity contribution in [2.45, 2.75) is 57.8 Å². The van der Waals surface area contributed by atoms with Crippen molar-refractivity contribution >= 4 is 5.91 Å². The molecule has 3 rings (SSSR count). The zero-order valence-electron chi connectivity index (χ0n) is 12.4. The molecular weight excluding hydrogens is 248 g/mol. The second kappa shape index (κ2) is 5.57. The summed E-state index contributed by atoms with van der Waals surface area (Å²) >= 11 is 0. The van der Waals surface area contributed by atoms with Crippen molar-refractivity contribution in [1.29, 1.82) is 0 Å². The Labute approximate surface area is 121 Å². The van der Waals surface area contributed by atoms with Gasteiger partial charge in [0.1, 0.15) is 6.04 Å². The van der Waals surface area contributed by atoms with Gasteiger partial charge in [0.2, 0.25) is 5.91 Å². The summed E-state index contributed by atoms with van der Waals surface area (Å²) in [6, 6.07) is 10.3. The van der Waals surface area contributed by atoms with Gasteiger partial charge in [-0.05, 0) is 31.2 Å². The molecule has 1 aromatic rings. The Morgan fingerprint density at radius 3 is 2.50 bits per heavy atom. The van der Waals surface area contributed by atoms with Gasteiger partial charge in [-0.25, -0.2) is 0 Å². The average molecular weight is 272 g/mol. The number of hydrogen-bond donors (Lipinski definition) is 1. The lowest BCUT2D eigenvalue weighted by atomic mass is 9.84. The molecule has 0 bridgehead atoms. The van der Waals surface area contributed by atoms with E-state index in [0.29, 0.717) is 12.0 Å². The summed E-state index contributed by atoms with van der Waals surface area (Å²) in [5.74, 6) is 0.869. The van der Waals surface area contributed by atoms with Crippen molar-refractivity contribution in [2.75, 3.05) is 0 Å². The fourth-order valence-corrected chi connectivity index (χ4v) is 3.78. The van der Waals surface area contributed by atoms with Crippen LogP contribution in [-0.2, 0) is 4.79 Å². The topological polar surface area (TPSA) is 32.3 Å². The third-order valence-corrected chi connectivity index (χ3v) is 4.88. The molecule has 1 saturated carbocycles. The van der Waals surface area contributed by atoms with Crippen LogP contribution in [0.3, 0.4) is 0 Å². The highest BCUT2D eigenvalue weighted by atomic mass is 16.2. The van der Waals surface area contributed by atoms with Gasteiger partial charge in [0.15, 0.2) is 0 Å². The van der Waals surface area contributed by atoms with E-state index in [0.717, 1.165) is 12.0 Å². The summed E-state index contributed by atoms with van der Waals surface area (Å²) in [4.78, 5) is 14.9. The highest BCUT2D eigenvalue weighted by molar-refractivity contribution is 5.86. The number of carbonyl (C=O) groups excluding carboxylic acids is 1. The molecule has 2 fully saturated rings. The van der Waals surface area contributed by atoms with Crippen molar-refractivity contribution in [3.8, 4) is 0 Å². The van der Waals surface area contributed by atoms with E-state index in [4.69, 9.17) is 0 Å². The maximum absolute atomic E-state index is 12.8. The van der Waals surface area contributed by atoms with E-state index in [-0.39, 0.29) is 18.1 Å². The SMILES string of the molecule is CC1CCCCC1N1C(=O)C(c2ccccc2)NC1C. The summed E-state index contributed by atoms with van der Waals surface area (Å²) in [5.41, 5.74) is 1.08. The summed E-state index contributed by atoms with van der Waals surface area (Å²) in [5, 5.41) is 3.46.